The lowest BCUT2D eigenvalue weighted by Crippen LogP contribution is -2.08. The van der Waals surface area contributed by atoms with E-state index in [9.17, 15) is 0 Å². The van der Waals surface area contributed by atoms with Crippen LogP contribution in [-0.2, 0) is 0 Å². The minimum Gasteiger partial charge on any atom is -0.324 e. The van der Waals surface area contributed by atoms with Crippen LogP contribution in [0.1, 0.15) is 31.4 Å². The lowest BCUT2D eigenvalue weighted by molar-refractivity contribution is 0.638. The van der Waals surface area contributed by atoms with Crippen molar-refractivity contribution in [1.82, 2.24) is 0 Å². The molecule has 0 heterocycles. The van der Waals surface area contributed by atoms with Gasteiger partial charge < -0.3 is 5.73 Å². The van der Waals surface area contributed by atoms with Gasteiger partial charge in [-0.15, -0.1) is 12.4 Å². The second-order valence-electron chi connectivity index (χ2n) is 2.81. The molecule has 2 heteroatoms. The Morgan fingerprint density at radius 1 is 1.25 bits per heavy atom. The molecule has 1 nitrogen and oxygen atoms in total. The molecule has 0 aromatic heterocycles. The average Bonchev–Trinajstić information content (AvgIpc) is 2.07. The number of halogens is 1. The maximum atomic E-state index is 5.91. The topological polar surface area (TPSA) is 26.0 Å². The van der Waals surface area contributed by atoms with Gasteiger partial charge in [-0.25, -0.2) is 0 Å². The van der Waals surface area contributed by atoms with Gasteiger partial charge in [0.15, 0.2) is 0 Å². The Hall–Kier alpha value is -0.530. The van der Waals surface area contributed by atoms with E-state index in [-0.39, 0.29) is 18.4 Å². The molecule has 2 N–H and O–H groups in total. The molecule has 1 atom stereocenters. The summed E-state index contributed by atoms with van der Waals surface area (Å²) < 4.78 is 0. The first-order valence-corrected chi connectivity index (χ1v) is 4.15. The molecule has 0 aliphatic carbocycles. The normalized spacial score (nSPS) is 11.8. The van der Waals surface area contributed by atoms with Crippen molar-refractivity contribution < 1.29 is 0 Å². The second-order valence-corrected chi connectivity index (χ2v) is 2.81. The molecule has 0 radical (unpaired) electrons. The molecule has 0 bridgehead atoms. The molecule has 12 heavy (non-hydrogen) atoms. The van der Waals surface area contributed by atoms with Crippen LogP contribution in [-0.4, -0.2) is 0 Å². The fraction of sp³-hybridized carbons (Fsp3) is 0.400. The maximum Gasteiger partial charge on any atom is 0.0294 e. The molecule has 0 spiro atoms. The smallest absolute Gasteiger partial charge is 0.0294 e. The molecule has 0 amide bonds. The first kappa shape index (κ1) is 11.5. The summed E-state index contributed by atoms with van der Waals surface area (Å²) in [7, 11) is 0. The van der Waals surface area contributed by atoms with E-state index < -0.39 is 0 Å². The minimum atomic E-state index is 0. The summed E-state index contributed by atoms with van der Waals surface area (Å²) in [6.07, 6.45) is 2.22. The van der Waals surface area contributed by atoms with Crippen molar-refractivity contribution in [2.24, 2.45) is 5.73 Å². The fourth-order valence-corrected chi connectivity index (χ4v) is 1.18. The number of nitrogens with two attached hydrogens (primary N) is 1. The highest BCUT2D eigenvalue weighted by molar-refractivity contribution is 5.85. The van der Waals surface area contributed by atoms with E-state index in [0.717, 1.165) is 12.8 Å². The molecule has 68 valence electrons. The van der Waals surface area contributed by atoms with Crippen molar-refractivity contribution in [2.45, 2.75) is 25.8 Å². The van der Waals surface area contributed by atoms with Crippen LogP contribution in [0, 0.1) is 0 Å². The monoisotopic (exact) mass is 185 g/mol. The molecule has 1 unspecified atom stereocenters. The zero-order valence-electron chi connectivity index (χ0n) is 7.36. The van der Waals surface area contributed by atoms with Crippen molar-refractivity contribution >= 4 is 12.4 Å². The standard InChI is InChI=1S/C10H15N.ClH/c1-2-6-10(11)9-7-4-3-5-8-9;/h3-5,7-8,10H,2,6,11H2,1H3;1H. The fourth-order valence-electron chi connectivity index (χ4n) is 1.18. The molecule has 1 aromatic rings. The van der Waals surface area contributed by atoms with E-state index in [4.69, 9.17) is 5.73 Å². The van der Waals surface area contributed by atoms with Gasteiger partial charge in [0.05, 0.1) is 0 Å². The summed E-state index contributed by atoms with van der Waals surface area (Å²) in [5.74, 6) is 0. The summed E-state index contributed by atoms with van der Waals surface area (Å²) in [6.45, 7) is 2.16. The van der Waals surface area contributed by atoms with E-state index in [1.807, 2.05) is 18.2 Å². The van der Waals surface area contributed by atoms with Gasteiger partial charge in [0.1, 0.15) is 0 Å². The molecule has 0 fully saturated rings. The van der Waals surface area contributed by atoms with Crippen molar-refractivity contribution in [2.75, 3.05) is 0 Å². The molecular formula is C10H16ClN. The van der Waals surface area contributed by atoms with Gasteiger partial charge >= 0.3 is 0 Å². The van der Waals surface area contributed by atoms with Gasteiger partial charge in [0.25, 0.3) is 0 Å². The Kier molecular flexibility index (Phi) is 5.77. The Morgan fingerprint density at radius 3 is 2.33 bits per heavy atom. The van der Waals surface area contributed by atoms with Crippen molar-refractivity contribution in [3.8, 4) is 0 Å². The predicted octanol–water partition coefficient (Wildman–Crippen LogP) is 2.91. The van der Waals surface area contributed by atoms with Crippen molar-refractivity contribution in [3.63, 3.8) is 0 Å². The van der Waals surface area contributed by atoms with Crippen LogP contribution in [0.2, 0.25) is 0 Å². The summed E-state index contributed by atoms with van der Waals surface area (Å²) in [6, 6.07) is 10.5. The number of hydrogen-bond acceptors (Lipinski definition) is 1. The average molecular weight is 186 g/mol. The highest BCUT2D eigenvalue weighted by Crippen LogP contribution is 2.13. The zero-order chi connectivity index (χ0) is 8.10. The molecule has 1 aromatic carbocycles. The summed E-state index contributed by atoms with van der Waals surface area (Å²) in [5, 5.41) is 0. The lowest BCUT2D eigenvalue weighted by atomic mass is 10.0. The van der Waals surface area contributed by atoms with E-state index in [2.05, 4.69) is 19.1 Å². The van der Waals surface area contributed by atoms with E-state index in [0.29, 0.717) is 0 Å². The minimum absolute atomic E-state index is 0. The van der Waals surface area contributed by atoms with Crippen LogP contribution < -0.4 is 5.73 Å². The number of rotatable bonds is 3. The maximum absolute atomic E-state index is 5.91. The second kappa shape index (κ2) is 6.04. The molecule has 0 saturated heterocycles. The van der Waals surface area contributed by atoms with Crippen LogP contribution in [0.3, 0.4) is 0 Å². The quantitative estimate of drug-likeness (QED) is 0.770. The van der Waals surface area contributed by atoms with Gasteiger partial charge in [-0.05, 0) is 12.0 Å². The Labute approximate surface area is 80.4 Å². The van der Waals surface area contributed by atoms with Crippen LogP contribution in [0.25, 0.3) is 0 Å². The van der Waals surface area contributed by atoms with Gasteiger partial charge in [0, 0.05) is 6.04 Å². The first-order chi connectivity index (χ1) is 5.34. The highest BCUT2D eigenvalue weighted by atomic mass is 35.5. The lowest BCUT2D eigenvalue weighted by Gasteiger charge is -2.09. The third kappa shape index (κ3) is 3.24. The van der Waals surface area contributed by atoms with Crippen LogP contribution in [0.5, 0.6) is 0 Å². The van der Waals surface area contributed by atoms with Crippen LogP contribution in [0.15, 0.2) is 30.3 Å². The van der Waals surface area contributed by atoms with E-state index in [1.165, 1.54) is 5.56 Å². The highest BCUT2D eigenvalue weighted by Gasteiger charge is 2.01. The van der Waals surface area contributed by atoms with Crippen molar-refractivity contribution in [3.05, 3.63) is 35.9 Å². The summed E-state index contributed by atoms with van der Waals surface area (Å²) in [5.41, 5.74) is 7.15. The Balaban J connectivity index is 0.00000121. The third-order valence-electron chi connectivity index (χ3n) is 1.83. The molecule has 0 aliphatic heterocycles. The van der Waals surface area contributed by atoms with Gasteiger partial charge in [-0.1, -0.05) is 43.7 Å². The molecular weight excluding hydrogens is 170 g/mol. The SMILES string of the molecule is CCCC(N)c1ccccc1.Cl. The number of benzene rings is 1. The zero-order valence-corrected chi connectivity index (χ0v) is 8.18. The largest absolute Gasteiger partial charge is 0.324 e. The summed E-state index contributed by atoms with van der Waals surface area (Å²) >= 11 is 0. The van der Waals surface area contributed by atoms with Gasteiger partial charge in [0.2, 0.25) is 0 Å². The van der Waals surface area contributed by atoms with Gasteiger partial charge in [-0.2, -0.15) is 0 Å². The predicted molar refractivity (Wildman–Crippen MR) is 55.5 cm³/mol. The number of hydrogen-bond donors (Lipinski definition) is 1. The molecule has 1 rings (SSSR count). The van der Waals surface area contributed by atoms with Gasteiger partial charge in [-0.3, -0.25) is 0 Å². The molecule has 0 saturated carbocycles. The van der Waals surface area contributed by atoms with E-state index in [1.54, 1.807) is 0 Å². The van der Waals surface area contributed by atoms with E-state index >= 15 is 0 Å². The van der Waals surface area contributed by atoms with Crippen LogP contribution >= 0.6 is 12.4 Å². The third-order valence-corrected chi connectivity index (χ3v) is 1.83. The Bertz CT molecular complexity index is 198. The Morgan fingerprint density at radius 2 is 1.83 bits per heavy atom. The molecule has 0 aliphatic rings. The summed E-state index contributed by atoms with van der Waals surface area (Å²) in [4.78, 5) is 0. The van der Waals surface area contributed by atoms with Crippen molar-refractivity contribution in [1.29, 1.82) is 0 Å². The first-order valence-electron chi connectivity index (χ1n) is 4.15. The van der Waals surface area contributed by atoms with Crippen LogP contribution in [0.4, 0.5) is 0 Å².